The van der Waals surface area contributed by atoms with Crippen LogP contribution in [0.3, 0.4) is 0 Å². The molecule has 0 atom stereocenters. The first kappa shape index (κ1) is 13.0. The SMILES string of the molecule is C[Si](C)(C)CCOCn1ncc2cc(O)cnc21. The molecule has 2 rings (SSSR count). The van der Waals surface area contributed by atoms with E-state index in [4.69, 9.17) is 4.74 Å². The first-order chi connectivity index (χ1) is 8.46. The van der Waals surface area contributed by atoms with Crippen LogP contribution in [-0.2, 0) is 11.5 Å². The maximum absolute atomic E-state index is 9.32. The molecule has 5 nitrogen and oxygen atoms in total. The van der Waals surface area contributed by atoms with E-state index in [1.54, 1.807) is 16.9 Å². The van der Waals surface area contributed by atoms with Crippen molar-refractivity contribution in [2.24, 2.45) is 0 Å². The standard InChI is InChI=1S/C12H19N3O2Si/c1-18(2,3)5-4-17-9-15-12-10(7-14-15)6-11(16)8-13-12/h6-8,16H,4-5,9H2,1-3H3. The predicted molar refractivity (Wildman–Crippen MR) is 73.3 cm³/mol. The minimum Gasteiger partial charge on any atom is -0.506 e. The number of hydrogen-bond donors (Lipinski definition) is 1. The normalized spacial score (nSPS) is 12.2. The van der Waals surface area contributed by atoms with Gasteiger partial charge in [0.05, 0.1) is 12.4 Å². The number of nitrogens with zero attached hydrogens (tertiary/aromatic N) is 3. The fraction of sp³-hybridized carbons (Fsp3) is 0.500. The summed E-state index contributed by atoms with van der Waals surface area (Å²) in [5, 5.41) is 14.3. The third-order valence-corrected chi connectivity index (χ3v) is 4.38. The van der Waals surface area contributed by atoms with Gasteiger partial charge in [-0.15, -0.1) is 0 Å². The van der Waals surface area contributed by atoms with Crippen molar-refractivity contribution in [3.05, 3.63) is 18.5 Å². The molecule has 0 saturated heterocycles. The molecule has 2 heterocycles. The molecule has 0 spiro atoms. The van der Waals surface area contributed by atoms with Gasteiger partial charge in [-0.05, 0) is 12.1 Å². The van der Waals surface area contributed by atoms with Crippen molar-refractivity contribution in [1.29, 1.82) is 0 Å². The zero-order valence-corrected chi connectivity index (χ0v) is 12.1. The number of pyridine rings is 1. The van der Waals surface area contributed by atoms with Crippen LogP contribution in [0.2, 0.25) is 25.7 Å². The molecule has 0 radical (unpaired) electrons. The lowest BCUT2D eigenvalue weighted by atomic mass is 10.3. The van der Waals surface area contributed by atoms with Crippen molar-refractivity contribution in [3.8, 4) is 5.75 Å². The average Bonchev–Trinajstić information content (AvgIpc) is 2.65. The van der Waals surface area contributed by atoms with Crippen molar-refractivity contribution in [1.82, 2.24) is 14.8 Å². The van der Waals surface area contributed by atoms with Crippen molar-refractivity contribution in [2.45, 2.75) is 32.4 Å². The van der Waals surface area contributed by atoms with Crippen LogP contribution in [0.25, 0.3) is 11.0 Å². The highest BCUT2D eigenvalue weighted by atomic mass is 28.3. The smallest absolute Gasteiger partial charge is 0.160 e. The number of hydrogen-bond acceptors (Lipinski definition) is 4. The third-order valence-electron chi connectivity index (χ3n) is 2.67. The van der Waals surface area contributed by atoms with Gasteiger partial charge in [-0.3, -0.25) is 0 Å². The second kappa shape index (κ2) is 5.07. The third kappa shape index (κ3) is 3.30. The molecule has 0 unspecified atom stereocenters. The lowest BCUT2D eigenvalue weighted by molar-refractivity contribution is 0.0813. The summed E-state index contributed by atoms with van der Waals surface area (Å²) in [5.41, 5.74) is 0.737. The minimum absolute atomic E-state index is 0.154. The molecule has 1 N–H and O–H groups in total. The Morgan fingerprint density at radius 2 is 2.11 bits per heavy atom. The van der Waals surface area contributed by atoms with Crippen LogP contribution >= 0.6 is 0 Å². The summed E-state index contributed by atoms with van der Waals surface area (Å²) in [7, 11) is -1.04. The second-order valence-electron chi connectivity index (χ2n) is 5.60. The van der Waals surface area contributed by atoms with Gasteiger partial charge in [0.1, 0.15) is 12.5 Å². The molecule has 0 aliphatic rings. The molecular formula is C12H19N3O2Si. The van der Waals surface area contributed by atoms with E-state index in [1.807, 2.05) is 0 Å². The van der Waals surface area contributed by atoms with Crippen LogP contribution in [0.1, 0.15) is 0 Å². The second-order valence-corrected chi connectivity index (χ2v) is 11.2. The summed E-state index contributed by atoms with van der Waals surface area (Å²) >= 11 is 0. The largest absolute Gasteiger partial charge is 0.506 e. The molecule has 0 amide bonds. The van der Waals surface area contributed by atoms with E-state index in [2.05, 4.69) is 29.7 Å². The molecule has 0 saturated carbocycles. The summed E-state index contributed by atoms with van der Waals surface area (Å²) in [6.45, 7) is 8.14. The van der Waals surface area contributed by atoms with Gasteiger partial charge in [0.2, 0.25) is 0 Å². The van der Waals surface area contributed by atoms with Gasteiger partial charge >= 0.3 is 0 Å². The number of ether oxygens (including phenoxy) is 1. The molecule has 18 heavy (non-hydrogen) atoms. The van der Waals surface area contributed by atoms with E-state index in [0.29, 0.717) is 6.73 Å². The van der Waals surface area contributed by atoms with Crippen LogP contribution in [0, 0.1) is 0 Å². The molecule has 98 valence electrons. The summed E-state index contributed by atoms with van der Waals surface area (Å²) in [5.74, 6) is 0.154. The fourth-order valence-electron chi connectivity index (χ4n) is 1.58. The molecule has 2 aromatic heterocycles. The molecule has 0 bridgehead atoms. The Labute approximate surface area is 107 Å². The van der Waals surface area contributed by atoms with Gasteiger partial charge in [0.25, 0.3) is 0 Å². The summed E-state index contributed by atoms with van der Waals surface area (Å²) in [6, 6.07) is 2.79. The summed E-state index contributed by atoms with van der Waals surface area (Å²) < 4.78 is 7.33. The van der Waals surface area contributed by atoms with Crippen molar-refractivity contribution < 1.29 is 9.84 Å². The maximum atomic E-state index is 9.32. The Morgan fingerprint density at radius 3 is 2.83 bits per heavy atom. The van der Waals surface area contributed by atoms with Gasteiger partial charge in [-0.2, -0.15) is 5.10 Å². The molecule has 6 heteroatoms. The van der Waals surface area contributed by atoms with E-state index in [-0.39, 0.29) is 5.75 Å². The highest BCUT2D eigenvalue weighted by Gasteiger charge is 2.12. The number of fused-ring (bicyclic) bond motifs is 1. The Hall–Kier alpha value is -1.40. The highest BCUT2D eigenvalue weighted by molar-refractivity contribution is 6.76. The van der Waals surface area contributed by atoms with Gasteiger partial charge in [-0.25, -0.2) is 9.67 Å². The lowest BCUT2D eigenvalue weighted by Gasteiger charge is -2.15. The fourth-order valence-corrected chi connectivity index (χ4v) is 2.34. The maximum Gasteiger partial charge on any atom is 0.160 e. The number of rotatable bonds is 5. The first-order valence-corrected chi connectivity index (χ1v) is 9.75. The predicted octanol–water partition coefficient (Wildman–Crippen LogP) is 2.45. The highest BCUT2D eigenvalue weighted by Crippen LogP contribution is 2.16. The van der Waals surface area contributed by atoms with Gasteiger partial charge < -0.3 is 9.84 Å². The molecule has 0 aliphatic heterocycles. The van der Waals surface area contributed by atoms with E-state index < -0.39 is 8.07 Å². The zero-order chi connectivity index (χ0) is 13.2. The quantitative estimate of drug-likeness (QED) is 0.666. The van der Waals surface area contributed by atoms with Crippen molar-refractivity contribution in [2.75, 3.05) is 6.61 Å². The molecule has 0 aliphatic carbocycles. The van der Waals surface area contributed by atoms with Crippen LogP contribution in [0.5, 0.6) is 5.75 Å². The molecular weight excluding hydrogens is 246 g/mol. The van der Waals surface area contributed by atoms with E-state index in [0.717, 1.165) is 23.7 Å². The topological polar surface area (TPSA) is 60.2 Å². The lowest BCUT2D eigenvalue weighted by Crippen LogP contribution is -2.22. The van der Waals surface area contributed by atoms with E-state index in [9.17, 15) is 5.11 Å². The monoisotopic (exact) mass is 265 g/mol. The van der Waals surface area contributed by atoms with Crippen LogP contribution in [0.4, 0.5) is 0 Å². The van der Waals surface area contributed by atoms with E-state index in [1.165, 1.54) is 6.20 Å². The van der Waals surface area contributed by atoms with Crippen molar-refractivity contribution in [3.63, 3.8) is 0 Å². The van der Waals surface area contributed by atoms with Gasteiger partial charge in [-0.1, -0.05) is 19.6 Å². The summed E-state index contributed by atoms with van der Waals surface area (Å²) in [6.07, 6.45) is 3.10. The Bertz CT molecular complexity index is 534. The average molecular weight is 265 g/mol. The molecule has 2 aromatic rings. The van der Waals surface area contributed by atoms with E-state index >= 15 is 0 Å². The molecule has 0 aromatic carbocycles. The van der Waals surface area contributed by atoms with Gasteiger partial charge in [0, 0.05) is 20.1 Å². The van der Waals surface area contributed by atoms with Crippen molar-refractivity contribution >= 4 is 19.1 Å². The van der Waals surface area contributed by atoms with Crippen LogP contribution in [0.15, 0.2) is 18.5 Å². The van der Waals surface area contributed by atoms with Crippen LogP contribution < -0.4 is 0 Å². The Morgan fingerprint density at radius 1 is 1.33 bits per heavy atom. The van der Waals surface area contributed by atoms with Crippen LogP contribution in [-0.4, -0.2) is 34.6 Å². The zero-order valence-electron chi connectivity index (χ0n) is 11.1. The first-order valence-electron chi connectivity index (χ1n) is 6.04. The minimum atomic E-state index is -1.04. The number of aromatic nitrogens is 3. The molecule has 0 fully saturated rings. The summed E-state index contributed by atoms with van der Waals surface area (Å²) in [4.78, 5) is 4.15. The Kier molecular flexibility index (Phi) is 3.67. The number of aromatic hydroxyl groups is 1. The van der Waals surface area contributed by atoms with Gasteiger partial charge in [0.15, 0.2) is 5.65 Å². The Balaban J connectivity index is 1.96.